The maximum absolute atomic E-state index is 11.3. The van der Waals surface area contributed by atoms with Crippen molar-refractivity contribution in [1.82, 2.24) is 9.36 Å². The van der Waals surface area contributed by atoms with Crippen LogP contribution in [-0.4, -0.2) is 15.3 Å². The van der Waals surface area contributed by atoms with E-state index in [4.69, 9.17) is 0 Å². The lowest BCUT2D eigenvalue weighted by Gasteiger charge is -2.12. The molecule has 3 rings (SSSR count). The summed E-state index contributed by atoms with van der Waals surface area (Å²) in [4.78, 5) is 15.8. The van der Waals surface area contributed by atoms with E-state index in [2.05, 4.69) is 40.8 Å². The van der Waals surface area contributed by atoms with Gasteiger partial charge in [0, 0.05) is 28.3 Å². The second kappa shape index (κ2) is 4.56. The number of benzene rings is 1. The van der Waals surface area contributed by atoms with E-state index < -0.39 is 0 Å². The molecule has 1 aromatic heterocycles. The molecular formula is C14H16N4OS. The van der Waals surface area contributed by atoms with E-state index in [1.54, 1.807) is 0 Å². The van der Waals surface area contributed by atoms with Crippen molar-refractivity contribution in [3.05, 3.63) is 29.6 Å². The number of anilines is 3. The monoisotopic (exact) mass is 288 g/mol. The lowest BCUT2D eigenvalue weighted by Crippen LogP contribution is -2.13. The van der Waals surface area contributed by atoms with Gasteiger partial charge in [-0.05, 0) is 23.8 Å². The van der Waals surface area contributed by atoms with Crippen molar-refractivity contribution < 1.29 is 4.79 Å². The van der Waals surface area contributed by atoms with Crippen LogP contribution in [0, 0.1) is 0 Å². The number of carbonyl (C=O) groups is 1. The fraction of sp³-hybridized carbons (Fsp3) is 0.357. The van der Waals surface area contributed by atoms with Gasteiger partial charge in [0.15, 0.2) is 0 Å². The summed E-state index contributed by atoms with van der Waals surface area (Å²) < 4.78 is 4.37. The standard InChI is InChI=1S/C14H16N4OS/c1-14(2,3)12-17-13(20-18-12)15-9-4-5-10-8(6-9)7-11(19)16-10/h4-6H,7H2,1-3H3,(H,16,19)(H,15,17,18). The molecule has 2 N–H and O–H groups in total. The van der Waals surface area contributed by atoms with Crippen molar-refractivity contribution in [2.45, 2.75) is 32.6 Å². The van der Waals surface area contributed by atoms with E-state index >= 15 is 0 Å². The first-order chi connectivity index (χ1) is 9.41. The fourth-order valence-corrected chi connectivity index (χ4v) is 2.79. The largest absolute Gasteiger partial charge is 0.330 e. The summed E-state index contributed by atoms with van der Waals surface area (Å²) in [6, 6.07) is 5.82. The number of nitrogens with zero attached hydrogens (tertiary/aromatic N) is 2. The molecule has 5 nitrogen and oxygen atoms in total. The highest BCUT2D eigenvalue weighted by molar-refractivity contribution is 7.09. The van der Waals surface area contributed by atoms with Gasteiger partial charge in [0.25, 0.3) is 0 Å². The fourth-order valence-electron chi connectivity index (χ4n) is 2.01. The lowest BCUT2D eigenvalue weighted by atomic mass is 9.96. The summed E-state index contributed by atoms with van der Waals surface area (Å²) in [6.45, 7) is 6.27. The molecular weight excluding hydrogens is 272 g/mol. The maximum Gasteiger partial charge on any atom is 0.228 e. The minimum Gasteiger partial charge on any atom is -0.330 e. The number of amides is 1. The highest BCUT2D eigenvalue weighted by Crippen LogP contribution is 2.29. The topological polar surface area (TPSA) is 66.9 Å². The van der Waals surface area contributed by atoms with Crippen LogP contribution < -0.4 is 10.6 Å². The Bertz CT molecular complexity index is 672. The van der Waals surface area contributed by atoms with E-state index in [0.717, 1.165) is 27.9 Å². The van der Waals surface area contributed by atoms with E-state index in [1.807, 2.05) is 18.2 Å². The molecule has 1 aromatic carbocycles. The van der Waals surface area contributed by atoms with Crippen molar-refractivity contribution in [2.24, 2.45) is 0 Å². The van der Waals surface area contributed by atoms with Gasteiger partial charge in [-0.2, -0.15) is 4.37 Å². The van der Waals surface area contributed by atoms with Gasteiger partial charge < -0.3 is 10.6 Å². The molecule has 2 aromatic rings. The second-order valence-corrected chi connectivity index (χ2v) is 6.65. The summed E-state index contributed by atoms with van der Waals surface area (Å²) in [7, 11) is 0. The van der Waals surface area contributed by atoms with Crippen LogP contribution in [0.15, 0.2) is 18.2 Å². The van der Waals surface area contributed by atoms with Crippen molar-refractivity contribution in [1.29, 1.82) is 0 Å². The van der Waals surface area contributed by atoms with Crippen molar-refractivity contribution in [3.63, 3.8) is 0 Å². The van der Waals surface area contributed by atoms with Gasteiger partial charge in [-0.25, -0.2) is 4.98 Å². The number of nitrogens with one attached hydrogen (secondary N) is 2. The molecule has 0 saturated heterocycles. The van der Waals surface area contributed by atoms with Gasteiger partial charge in [-0.3, -0.25) is 4.79 Å². The zero-order valence-electron chi connectivity index (χ0n) is 11.7. The summed E-state index contributed by atoms with van der Waals surface area (Å²) in [6.07, 6.45) is 0.439. The minimum atomic E-state index is -0.0509. The van der Waals surface area contributed by atoms with E-state index in [-0.39, 0.29) is 11.3 Å². The van der Waals surface area contributed by atoms with Crippen molar-refractivity contribution >= 4 is 33.9 Å². The molecule has 6 heteroatoms. The summed E-state index contributed by atoms with van der Waals surface area (Å²) in [5.41, 5.74) is 2.79. The molecule has 0 atom stereocenters. The Morgan fingerprint density at radius 3 is 2.85 bits per heavy atom. The third-order valence-corrected chi connectivity index (χ3v) is 3.71. The normalized spacial score (nSPS) is 14.1. The third kappa shape index (κ3) is 2.51. The third-order valence-electron chi connectivity index (χ3n) is 3.08. The molecule has 1 aliphatic rings. The molecule has 104 valence electrons. The molecule has 0 bridgehead atoms. The first-order valence-corrected chi connectivity index (χ1v) is 7.23. The van der Waals surface area contributed by atoms with Crippen molar-refractivity contribution in [3.8, 4) is 0 Å². The Hall–Kier alpha value is -1.95. The molecule has 0 unspecified atom stereocenters. The molecule has 0 aliphatic carbocycles. The molecule has 0 fully saturated rings. The van der Waals surface area contributed by atoms with Crippen LogP contribution in [0.2, 0.25) is 0 Å². The predicted molar refractivity (Wildman–Crippen MR) is 80.7 cm³/mol. The SMILES string of the molecule is CC(C)(C)c1nsc(Nc2ccc3c(c2)CC(=O)N3)n1. The van der Waals surface area contributed by atoms with E-state index in [0.29, 0.717) is 6.42 Å². The van der Waals surface area contributed by atoms with Gasteiger partial charge in [-0.15, -0.1) is 0 Å². The number of hydrogen-bond acceptors (Lipinski definition) is 5. The van der Waals surface area contributed by atoms with Crippen LogP contribution >= 0.6 is 11.5 Å². The van der Waals surface area contributed by atoms with Crippen LogP contribution in [0.25, 0.3) is 0 Å². The van der Waals surface area contributed by atoms with Gasteiger partial charge in [0.2, 0.25) is 11.0 Å². The minimum absolute atomic E-state index is 0.0445. The Labute approximate surface area is 121 Å². The molecule has 0 saturated carbocycles. The maximum atomic E-state index is 11.3. The highest BCUT2D eigenvalue weighted by Gasteiger charge is 2.20. The summed E-state index contributed by atoms with van der Waals surface area (Å²) in [5, 5.41) is 6.84. The average molecular weight is 288 g/mol. The second-order valence-electron chi connectivity index (χ2n) is 5.90. The molecule has 0 radical (unpaired) electrons. The first-order valence-electron chi connectivity index (χ1n) is 6.46. The lowest BCUT2D eigenvalue weighted by molar-refractivity contribution is -0.115. The van der Waals surface area contributed by atoms with Gasteiger partial charge in [-0.1, -0.05) is 20.8 Å². The van der Waals surface area contributed by atoms with E-state index in [1.165, 1.54) is 11.5 Å². The van der Waals surface area contributed by atoms with Crippen LogP contribution in [0.4, 0.5) is 16.5 Å². The van der Waals surface area contributed by atoms with Crippen LogP contribution in [0.3, 0.4) is 0 Å². The summed E-state index contributed by atoms with van der Waals surface area (Å²) in [5.74, 6) is 0.881. The van der Waals surface area contributed by atoms with E-state index in [9.17, 15) is 4.79 Å². The molecule has 1 amide bonds. The Morgan fingerprint density at radius 1 is 1.35 bits per heavy atom. The Kier molecular flexibility index (Phi) is 2.97. The van der Waals surface area contributed by atoms with Crippen LogP contribution in [-0.2, 0) is 16.6 Å². The summed E-state index contributed by atoms with van der Waals surface area (Å²) >= 11 is 1.35. The quantitative estimate of drug-likeness (QED) is 0.891. The number of fused-ring (bicyclic) bond motifs is 1. The zero-order chi connectivity index (χ0) is 14.3. The van der Waals surface area contributed by atoms with Gasteiger partial charge in [0.1, 0.15) is 5.82 Å². The smallest absolute Gasteiger partial charge is 0.228 e. The number of rotatable bonds is 2. The predicted octanol–water partition coefficient (Wildman–Crippen LogP) is 3.07. The zero-order valence-corrected chi connectivity index (χ0v) is 12.5. The Balaban J connectivity index is 1.80. The number of carbonyl (C=O) groups excluding carboxylic acids is 1. The van der Waals surface area contributed by atoms with Crippen LogP contribution in [0.1, 0.15) is 32.2 Å². The molecule has 20 heavy (non-hydrogen) atoms. The molecule has 1 aliphatic heterocycles. The highest BCUT2D eigenvalue weighted by atomic mass is 32.1. The average Bonchev–Trinajstić information content (AvgIpc) is 2.93. The Morgan fingerprint density at radius 2 is 2.15 bits per heavy atom. The molecule has 2 heterocycles. The van der Waals surface area contributed by atoms with Gasteiger partial charge in [0.05, 0.1) is 6.42 Å². The number of aromatic nitrogens is 2. The first kappa shape index (κ1) is 13.1. The van der Waals surface area contributed by atoms with Crippen molar-refractivity contribution in [2.75, 3.05) is 10.6 Å². The van der Waals surface area contributed by atoms with Gasteiger partial charge >= 0.3 is 0 Å². The molecule has 0 spiro atoms. The number of hydrogen-bond donors (Lipinski definition) is 2. The van der Waals surface area contributed by atoms with Crippen LogP contribution in [0.5, 0.6) is 0 Å².